The van der Waals surface area contributed by atoms with Gasteiger partial charge in [-0.15, -0.1) is 5.10 Å². The predicted molar refractivity (Wildman–Crippen MR) is 104 cm³/mol. The SMILES string of the molecule is Clc1cccc(CCOc2ccc3ncc(-c4cccc(Cl)c4)n3n2)c1. The summed E-state index contributed by atoms with van der Waals surface area (Å²) in [7, 11) is 0. The second kappa shape index (κ2) is 7.36. The molecule has 0 atom stereocenters. The molecule has 130 valence electrons. The van der Waals surface area contributed by atoms with E-state index >= 15 is 0 Å². The Morgan fingerprint density at radius 2 is 1.73 bits per heavy atom. The summed E-state index contributed by atoms with van der Waals surface area (Å²) in [5, 5.41) is 5.95. The zero-order valence-electron chi connectivity index (χ0n) is 13.8. The first kappa shape index (κ1) is 16.9. The summed E-state index contributed by atoms with van der Waals surface area (Å²) in [6.45, 7) is 0.514. The minimum Gasteiger partial charge on any atom is -0.476 e. The largest absolute Gasteiger partial charge is 0.476 e. The van der Waals surface area contributed by atoms with E-state index in [1.807, 2.05) is 60.7 Å². The van der Waals surface area contributed by atoms with Crippen LogP contribution in [0.4, 0.5) is 0 Å². The fraction of sp³-hybridized carbons (Fsp3) is 0.100. The maximum atomic E-state index is 6.10. The van der Waals surface area contributed by atoms with Crippen LogP contribution < -0.4 is 4.74 Å². The summed E-state index contributed by atoms with van der Waals surface area (Å²) >= 11 is 12.1. The van der Waals surface area contributed by atoms with E-state index in [0.29, 0.717) is 17.5 Å². The average Bonchev–Trinajstić information content (AvgIpc) is 3.05. The minimum atomic E-state index is 0.514. The zero-order valence-corrected chi connectivity index (χ0v) is 15.3. The molecule has 26 heavy (non-hydrogen) atoms. The van der Waals surface area contributed by atoms with Crippen LogP contribution in [0.15, 0.2) is 66.9 Å². The monoisotopic (exact) mass is 383 g/mol. The van der Waals surface area contributed by atoms with Gasteiger partial charge in [0.15, 0.2) is 5.65 Å². The number of hydrogen-bond acceptors (Lipinski definition) is 3. The van der Waals surface area contributed by atoms with E-state index in [1.165, 1.54) is 0 Å². The first-order chi connectivity index (χ1) is 12.7. The van der Waals surface area contributed by atoms with E-state index in [-0.39, 0.29) is 0 Å². The van der Waals surface area contributed by atoms with Crippen LogP contribution in [0.1, 0.15) is 5.56 Å². The van der Waals surface area contributed by atoms with Gasteiger partial charge in [0.1, 0.15) is 0 Å². The molecule has 0 unspecified atom stereocenters. The molecule has 0 fully saturated rings. The quantitative estimate of drug-likeness (QED) is 0.467. The van der Waals surface area contributed by atoms with Crippen molar-refractivity contribution < 1.29 is 4.74 Å². The van der Waals surface area contributed by atoms with Gasteiger partial charge in [0.2, 0.25) is 5.88 Å². The van der Waals surface area contributed by atoms with E-state index in [9.17, 15) is 0 Å². The number of halogens is 2. The van der Waals surface area contributed by atoms with Crippen molar-refractivity contribution in [1.29, 1.82) is 0 Å². The molecule has 0 aliphatic rings. The molecule has 2 aromatic carbocycles. The van der Waals surface area contributed by atoms with Crippen molar-refractivity contribution in [3.8, 4) is 17.1 Å². The van der Waals surface area contributed by atoms with Crippen molar-refractivity contribution in [3.05, 3.63) is 82.5 Å². The molecule has 0 saturated heterocycles. The number of nitrogens with zero attached hydrogens (tertiary/aromatic N) is 3. The normalized spacial score (nSPS) is 11.0. The number of fused-ring (bicyclic) bond motifs is 1. The average molecular weight is 384 g/mol. The smallest absolute Gasteiger partial charge is 0.231 e. The van der Waals surface area contributed by atoms with E-state index in [4.69, 9.17) is 27.9 Å². The highest BCUT2D eigenvalue weighted by molar-refractivity contribution is 6.31. The van der Waals surface area contributed by atoms with Crippen LogP contribution in [-0.4, -0.2) is 21.2 Å². The van der Waals surface area contributed by atoms with Gasteiger partial charge in [0.05, 0.1) is 18.5 Å². The third-order valence-electron chi connectivity index (χ3n) is 3.99. The molecule has 2 heterocycles. The maximum Gasteiger partial charge on any atom is 0.231 e. The Hall–Kier alpha value is -2.56. The standard InChI is InChI=1S/C20H15Cl2N3O/c21-16-5-1-3-14(11-16)9-10-26-20-8-7-19-23-13-18(25(19)24-20)15-4-2-6-17(22)12-15/h1-8,11-13H,9-10H2. The minimum absolute atomic E-state index is 0.514. The predicted octanol–water partition coefficient (Wildman–Crippen LogP) is 5.32. The van der Waals surface area contributed by atoms with Gasteiger partial charge >= 0.3 is 0 Å². The van der Waals surface area contributed by atoms with E-state index < -0.39 is 0 Å². The lowest BCUT2D eigenvalue weighted by molar-refractivity contribution is 0.305. The summed E-state index contributed by atoms with van der Waals surface area (Å²) in [5.74, 6) is 0.542. The van der Waals surface area contributed by atoms with Crippen molar-refractivity contribution in [2.45, 2.75) is 6.42 Å². The summed E-state index contributed by atoms with van der Waals surface area (Å²) in [5.41, 5.74) is 3.69. The van der Waals surface area contributed by atoms with Crippen LogP contribution in [0.3, 0.4) is 0 Å². The van der Waals surface area contributed by atoms with Crippen molar-refractivity contribution in [3.63, 3.8) is 0 Å². The van der Waals surface area contributed by atoms with Gasteiger partial charge in [-0.1, -0.05) is 47.5 Å². The van der Waals surface area contributed by atoms with Crippen molar-refractivity contribution in [2.24, 2.45) is 0 Å². The van der Waals surface area contributed by atoms with Crippen LogP contribution in [0, 0.1) is 0 Å². The molecule has 4 nitrogen and oxygen atoms in total. The molecule has 0 radical (unpaired) electrons. The van der Waals surface area contributed by atoms with Gasteiger partial charge in [0, 0.05) is 28.1 Å². The Balaban J connectivity index is 1.54. The highest BCUT2D eigenvalue weighted by Crippen LogP contribution is 2.24. The summed E-state index contributed by atoms with van der Waals surface area (Å²) in [6.07, 6.45) is 2.54. The Morgan fingerprint density at radius 3 is 2.54 bits per heavy atom. The topological polar surface area (TPSA) is 39.4 Å². The molecule has 4 aromatic rings. The number of ether oxygens (including phenoxy) is 1. The third kappa shape index (κ3) is 3.66. The zero-order chi connectivity index (χ0) is 17.9. The van der Waals surface area contributed by atoms with Crippen LogP contribution in [0.5, 0.6) is 5.88 Å². The Morgan fingerprint density at radius 1 is 0.923 bits per heavy atom. The van der Waals surface area contributed by atoms with E-state index in [0.717, 1.165) is 33.9 Å². The van der Waals surface area contributed by atoms with Gasteiger partial charge < -0.3 is 4.74 Å². The number of benzene rings is 2. The van der Waals surface area contributed by atoms with Gasteiger partial charge in [-0.2, -0.15) is 0 Å². The molecule has 0 bridgehead atoms. The van der Waals surface area contributed by atoms with Crippen LogP contribution in [0.25, 0.3) is 16.9 Å². The van der Waals surface area contributed by atoms with Gasteiger partial charge in [-0.3, -0.25) is 0 Å². The van der Waals surface area contributed by atoms with Crippen molar-refractivity contribution >= 4 is 28.8 Å². The second-order valence-electron chi connectivity index (χ2n) is 5.82. The van der Waals surface area contributed by atoms with Gasteiger partial charge in [0.25, 0.3) is 0 Å². The van der Waals surface area contributed by atoms with Crippen LogP contribution in [0.2, 0.25) is 10.0 Å². The summed E-state index contributed by atoms with van der Waals surface area (Å²) in [6, 6.07) is 19.1. The molecule has 0 spiro atoms. The highest BCUT2D eigenvalue weighted by atomic mass is 35.5. The third-order valence-corrected chi connectivity index (χ3v) is 4.46. The van der Waals surface area contributed by atoms with Gasteiger partial charge in [-0.05, 0) is 35.9 Å². The Bertz CT molecular complexity index is 1060. The Kier molecular flexibility index (Phi) is 4.78. The Labute approximate surface area is 161 Å². The lowest BCUT2D eigenvalue weighted by Gasteiger charge is -2.07. The maximum absolute atomic E-state index is 6.10. The molecular formula is C20H15Cl2N3O. The second-order valence-corrected chi connectivity index (χ2v) is 6.70. The van der Waals surface area contributed by atoms with Crippen molar-refractivity contribution in [2.75, 3.05) is 6.61 Å². The first-order valence-electron chi connectivity index (χ1n) is 8.17. The van der Waals surface area contributed by atoms with Crippen LogP contribution >= 0.6 is 23.2 Å². The molecule has 0 aliphatic heterocycles. The fourth-order valence-electron chi connectivity index (χ4n) is 2.74. The molecule has 0 aliphatic carbocycles. The number of rotatable bonds is 5. The molecule has 0 N–H and O–H groups in total. The van der Waals surface area contributed by atoms with E-state index in [2.05, 4.69) is 10.1 Å². The molecule has 0 saturated carbocycles. The van der Waals surface area contributed by atoms with E-state index in [1.54, 1.807) is 10.7 Å². The number of imidazole rings is 1. The fourth-order valence-corrected chi connectivity index (χ4v) is 3.15. The lowest BCUT2D eigenvalue weighted by Crippen LogP contribution is -2.05. The summed E-state index contributed by atoms with van der Waals surface area (Å²) in [4.78, 5) is 4.39. The molecular weight excluding hydrogens is 369 g/mol. The first-order valence-corrected chi connectivity index (χ1v) is 8.92. The summed E-state index contributed by atoms with van der Waals surface area (Å²) < 4.78 is 7.58. The van der Waals surface area contributed by atoms with Crippen LogP contribution in [-0.2, 0) is 6.42 Å². The van der Waals surface area contributed by atoms with Crippen molar-refractivity contribution in [1.82, 2.24) is 14.6 Å². The lowest BCUT2D eigenvalue weighted by atomic mass is 10.2. The van der Waals surface area contributed by atoms with Gasteiger partial charge in [-0.25, -0.2) is 9.50 Å². The molecule has 0 amide bonds. The molecule has 6 heteroatoms. The highest BCUT2D eigenvalue weighted by Gasteiger charge is 2.09. The number of aromatic nitrogens is 3. The molecule has 4 rings (SSSR count). The molecule has 2 aromatic heterocycles. The number of hydrogen-bond donors (Lipinski definition) is 0.